The number of Topliss-reactive ketones (excluding diaryl/α,β-unsaturated/α-hetero) is 1. The van der Waals surface area contributed by atoms with Crippen molar-refractivity contribution in [3.05, 3.63) is 53.1 Å². The van der Waals surface area contributed by atoms with Crippen LogP contribution in [0.2, 0.25) is 0 Å². The Balaban J connectivity index is 1.76. The molecular weight excluding hydrogens is 304 g/mol. The van der Waals surface area contributed by atoms with Crippen molar-refractivity contribution in [2.24, 2.45) is 0 Å². The molecule has 0 bridgehead atoms. The van der Waals surface area contributed by atoms with Gasteiger partial charge in [0.2, 0.25) is 0 Å². The third-order valence-electron chi connectivity index (χ3n) is 5.14. The van der Waals surface area contributed by atoms with Gasteiger partial charge in [0.1, 0.15) is 11.4 Å². The molecule has 122 valence electrons. The van der Waals surface area contributed by atoms with Gasteiger partial charge in [-0.2, -0.15) is 0 Å². The van der Waals surface area contributed by atoms with Crippen LogP contribution in [-0.2, 0) is 0 Å². The van der Waals surface area contributed by atoms with E-state index in [1.807, 2.05) is 19.1 Å². The molecule has 4 nitrogen and oxygen atoms in total. The number of ketones is 1. The van der Waals surface area contributed by atoms with Crippen molar-refractivity contribution in [2.75, 3.05) is 0 Å². The van der Waals surface area contributed by atoms with E-state index in [0.29, 0.717) is 17.7 Å². The number of fused-ring (bicyclic) bond motifs is 1. The Hall–Kier alpha value is -2.62. The third kappa shape index (κ3) is 2.30. The molecule has 1 N–H and O–H groups in total. The topological polar surface area (TPSA) is 63.6 Å². The molecule has 4 heteroatoms. The van der Waals surface area contributed by atoms with Gasteiger partial charge in [-0.05, 0) is 67.1 Å². The van der Waals surface area contributed by atoms with Crippen molar-refractivity contribution < 1.29 is 19.4 Å². The van der Waals surface area contributed by atoms with Gasteiger partial charge in [-0.15, -0.1) is 0 Å². The first-order chi connectivity index (χ1) is 11.5. The van der Waals surface area contributed by atoms with E-state index in [1.54, 1.807) is 24.3 Å². The second-order valence-corrected chi connectivity index (χ2v) is 6.78. The highest BCUT2D eigenvalue weighted by molar-refractivity contribution is 6.01. The zero-order valence-electron chi connectivity index (χ0n) is 13.5. The minimum atomic E-state index is -0.940. The normalized spacial score (nSPS) is 17.8. The molecule has 1 aliphatic heterocycles. The molecule has 0 saturated heterocycles. The Morgan fingerprint density at radius 3 is 2.42 bits per heavy atom. The van der Waals surface area contributed by atoms with Crippen LogP contribution in [0.1, 0.15) is 52.0 Å². The fraction of sp³-hybridized carbons (Fsp3) is 0.300. The lowest BCUT2D eigenvalue weighted by Gasteiger charge is -2.44. The van der Waals surface area contributed by atoms with E-state index in [4.69, 9.17) is 9.84 Å². The minimum Gasteiger partial charge on any atom is -0.486 e. The summed E-state index contributed by atoms with van der Waals surface area (Å²) in [6.07, 6.45) is 3.47. The van der Waals surface area contributed by atoms with Gasteiger partial charge in [0.15, 0.2) is 5.78 Å². The highest BCUT2D eigenvalue weighted by Crippen LogP contribution is 2.46. The molecule has 0 radical (unpaired) electrons. The molecule has 24 heavy (non-hydrogen) atoms. The van der Waals surface area contributed by atoms with Gasteiger partial charge < -0.3 is 9.84 Å². The Labute approximate surface area is 140 Å². The second-order valence-electron chi connectivity index (χ2n) is 6.78. The predicted octanol–water partition coefficient (Wildman–Crippen LogP) is 4.25. The number of aromatic carboxylic acids is 1. The number of carbonyl (C=O) groups is 2. The molecule has 0 aromatic heterocycles. The summed E-state index contributed by atoms with van der Waals surface area (Å²) in [6, 6.07) is 10.6. The standard InChI is InChI=1S/C20H18O4/c1-12-9-16-17(21)11-20(7-2-8-20)24-18(16)10-15(12)13-3-5-14(6-4-13)19(22)23/h3-6,9-10H,2,7-8,11H2,1H3,(H,22,23). The lowest BCUT2D eigenvalue weighted by atomic mass is 9.74. The molecule has 2 aromatic rings. The number of carboxylic acids is 1. The van der Waals surface area contributed by atoms with Gasteiger partial charge in [0, 0.05) is 0 Å². The molecular formula is C20H18O4. The maximum absolute atomic E-state index is 12.5. The highest BCUT2D eigenvalue weighted by atomic mass is 16.5. The zero-order chi connectivity index (χ0) is 16.9. The summed E-state index contributed by atoms with van der Waals surface area (Å²) in [4.78, 5) is 23.5. The van der Waals surface area contributed by atoms with E-state index in [9.17, 15) is 9.59 Å². The van der Waals surface area contributed by atoms with Crippen molar-refractivity contribution in [1.82, 2.24) is 0 Å². The van der Waals surface area contributed by atoms with Crippen LogP contribution in [0.3, 0.4) is 0 Å². The molecule has 2 aliphatic rings. The van der Waals surface area contributed by atoms with E-state index in [-0.39, 0.29) is 16.9 Å². The van der Waals surface area contributed by atoms with Gasteiger partial charge in [-0.1, -0.05) is 12.1 Å². The van der Waals surface area contributed by atoms with Crippen molar-refractivity contribution in [1.29, 1.82) is 0 Å². The number of carboxylic acid groups (broad SMARTS) is 1. The van der Waals surface area contributed by atoms with Crippen molar-refractivity contribution in [3.63, 3.8) is 0 Å². The monoisotopic (exact) mass is 322 g/mol. The molecule has 4 rings (SSSR count). The molecule has 0 amide bonds. The van der Waals surface area contributed by atoms with Gasteiger partial charge >= 0.3 is 5.97 Å². The van der Waals surface area contributed by atoms with Crippen LogP contribution in [0.25, 0.3) is 11.1 Å². The smallest absolute Gasteiger partial charge is 0.335 e. The number of benzene rings is 2. The summed E-state index contributed by atoms with van der Waals surface area (Å²) in [5.41, 5.74) is 3.51. The maximum atomic E-state index is 12.5. The van der Waals surface area contributed by atoms with E-state index in [2.05, 4.69) is 0 Å². The summed E-state index contributed by atoms with van der Waals surface area (Å²) in [6.45, 7) is 1.96. The van der Waals surface area contributed by atoms with Crippen LogP contribution >= 0.6 is 0 Å². The lowest BCUT2D eigenvalue weighted by Crippen LogP contribution is -2.47. The second kappa shape index (κ2) is 5.20. The molecule has 1 saturated carbocycles. The van der Waals surface area contributed by atoms with Crippen LogP contribution in [0.4, 0.5) is 0 Å². The number of hydrogen-bond acceptors (Lipinski definition) is 3. The summed E-state index contributed by atoms with van der Waals surface area (Å²) in [5.74, 6) is -0.120. The van der Waals surface area contributed by atoms with Crippen LogP contribution in [-0.4, -0.2) is 22.5 Å². The fourth-order valence-corrected chi connectivity index (χ4v) is 3.60. The maximum Gasteiger partial charge on any atom is 0.335 e. The SMILES string of the molecule is Cc1cc2c(cc1-c1ccc(C(=O)O)cc1)OC1(CCC1)CC2=O. The van der Waals surface area contributed by atoms with Crippen LogP contribution in [0, 0.1) is 6.92 Å². The summed E-state index contributed by atoms with van der Waals surface area (Å²) >= 11 is 0. The van der Waals surface area contributed by atoms with Crippen LogP contribution < -0.4 is 4.74 Å². The number of rotatable bonds is 2. The van der Waals surface area contributed by atoms with Gasteiger partial charge in [-0.3, -0.25) is 4.79 Å². The highest BCUT2D eigenvalue weighted by Gasteiger charge is 2.45. The van der Waals surface area contributed by atoms with Crippen molar-refractivity contribution in [2.45, 2.75) is 38.2 Å². The molecule has 0 unspecified atom stereocenters. The quantitative estimate of drug-likeness (QED) is 0.898. The number of aryl methyl sites for hydroxylation is 1. The summed E-state index contributed by atoms with van der Waals surface area (Å²) in [5, 5.41) is 9.02. The largest absolute Gasteiger partial charge is 0.486 e. The lowest BCUT2D eigenvalue weighted by molar-refractivity contribution is -0.0177. The predicted molar refractivity (Wildman–Crippen MR) is 89.7 cm³/mol. The van der Waals surface area contributed by atoms with E-state index in [1.165, 1.54) is 0 Å². The van der Waals surface area contributed by atoms with Crippen molar-refractivity contribution in [3.8, 4) is 16.9 Å². The average Bonchev–Trinajstić information content (AvgIpc) is 2.53. The zero-order valence-corrected chi connectivity index (χ0v) is 13.5. The van der Waals surface area contributed by atoms with Crippen LogP contribution in [0.15, 0.2) is 36.4 Å². The average molecular weight is 322 g/mol. The molecule has 1 heterocycles. The Kier molecular flexibility index (Phi) is 3.23. The van der Waals surface area contributed by atoms with E-state index >= 15 is 0 Å². The molecule has 1 spiro atoms. The first-order valence-electron chi connectivity index (χ1n) is 8.18. The summed E-state index contributed by atoms with van der Waals surface area (Å²) in [7, 11) is 0. The van der Waals surface area contributed by atoms with Gasteiger partial charge in [0.25, 0.3) is 0 Å². The number of ether oxygens (including phenoxy) is 1. The number of carbonyl (C=O) groups excluding carboxylic acids is 1. The Morgan fingerprint density at radius 1 is 1.12 bits per heavy atom. The fourth-order valence-electron chi connectivity index (χ4n) is 3.60. The number of hydrogen-bond donors (Lipinski definition) is 1. The van der Waals surface area contributed by atoms with Gasteiger partial charge in [0.05, 0.1) is 17.5 Å². The first-order valence-corrected chi connectivity index (χ1v) is 8.18. The van der Waals surface area contributed by atoms with Crippen molar-refractivity contribution >= 4 is 11.8 Å². The molecule has 1 aliphatic carbocycles. The molecule has 2 aromatic carbocycles. The minimum absolute atomic E-state index is 0.159. The van der Waals surface area contributed by atoms with Gasteiger partial charge in [-0.25, -0.2) is 4.79 Å². The molecule has 1 fully saturated rings. The Morgan fingerprint density at radius 2 is 1.83 bits per heavy atom. The van der Waals surface area contributed by atoms with E-state index in [0.717, 1.165) is 36.0 Å². The first kappa shape index (κ1) is 14.9. The summed E-state index contributed by atoms with van der Waals surface area (Å²) < 4.78 is 6.19. The van der Waals surface area contributed by atoms with Crippen LogP contribution in [0.5, 0.6) is 5.75 Å². The van der Waals surface area contributed by atoms with E-state index < -0.39 is 5.97 Å². The molecule has 0 atom stereocenters. The Bertz CT molecular complexity index is 845. The third-order valence-corrected chi connectivity index (χ3v) is 5.14.